The summed E-state index contributed by atoms with van der Waals surface area (Å²) in [5.41, 5.74) is 0. The van der Waals surface area contributed by atoms with Gasteiger partial charge in [0.2, 0.25) is 0 Å². The summed E-state index contributed by atoms with van der Waals surface area (Å²) < 4.78 is 8.69. The first-order valence-electron chi connectivity index (χ1n) is 4.12. The van der Waals surface area contributed by atoms with Crippen LogP contribution in [0, 0.1) is 23.7 Å². The summed E-state index contributed by atoms with van der Waals surface area (Å²) in [6.07, 6.45) is 0. The van der Waals surface area contributed by atoms with Gasteiger partial charge in [0.15, 0.2) is 0 Å². The van der Waals surface area contributed by atoms with E-state index in [1.54, 1.807) is 0 Å². The van der Waals surface area contributed by atoms with Gasteiger partial charge < -0.3 is 9.47 Å². The second-order valence-electron chi connectivity index (χ2n) is 3.58. The Morgan fingerprint density at radius 3 is 1.00 bits per heavy atom. The number of rotatable bonds is 0. The number of cyclic esters (lactones) is 2. The molecule has 0 spiro atoms. The van der Waals surface area contributed by atoms with Gasteiger partial charge in [-0.05, 0) is 0 Å². The van der Waals surface area contributed by atoms with Gasteiger partial charge in [0.05, 0.1) is 23.7 Å². The molecular weight excluding hydrogens is 192 g/mol. The Morgan fingerprint density at radius 1 is 0.571 bits per heavy atom. The predicted molar refractivity (Wildman–Crippen MR) is 36.2 cm³/mol. The van der Waals surface area contributed by atoms with E-state index in [0.717, 1.165) is 0 Å². The Hall–Kier alpha value is -1.72. The number of carbonyl (C=O) groups excluding carboxylic acids is 4. The number of fused-ring (bicyclic) bond motifs is 2. The number of ether oxygens (including phenoxy) is 2. The van der Waals surface area contributed by atoms with Crippen LogP contribution in [0.1, 0.15) is 0 Å². The minimum atomic E-state index is -0.786. The smallest absolute Gasteiger partial charge is 0.318 e. The van der Waals surface area contributed by atoms with E-state index in [1.807, 2.05) is 0 Å². The van der Waals surface area contributed by atoms with Gasteiger partial charge >= 0.3 is 23.9 Å². The van der Waals surface area contributed by atoms with Crippen LogP contribution in [-0.2, 0) is 28.7 Å². The summed E-state index contributed by atoms with van der Waals surface area (Å²) in [5, 5.41) is 0. The molecule has 3 aliphatic heterocycles. The van der Waals surface area contributed by atoms with Crippen LogP contribution in [0.25, 0.3) is 0 Å². The molecule has 0 N–H and O–H groups in total. The molecule has 72 valence electrons. The molecule has 14 heavy (non-hydrogen) atoms. The van der Waals surface area contributed by atoms with E-state index in [4.69, 9.17) is 0 Å². The van der Waals surface area contributed by atoms with Crippen molar-refractivity contribution >= 4 is 23.9 Å². The predicted octanol–water partition coefficient (Wildman–Crippen LogP) is -1.37. The van der Waals surface area contributed by atoms with Gasteiger partial charge in [0.25, 0.3) is 0 Å². The molecule has 6 heteroatoms. The quantitative estimate of drug-likeness (QED) is 0.351. The van der Waals surface area contributed by atoms with Crippen LogP contribution in [0.15, 0.2) is 0 Å². The molecule has 0 aromatic rings. The molecule has 4 aliphatic rings. The minimum Gasteiger partial charge on any atom is -0.393 e. The molecule has 1 aliphatic carbocycles. The van der Waals surface area contributed by atoms with Crippen molar-refractivity contribution in [2.45, 2.75) is 0 Å². The van der Waals surface area contributed by atoms with Gasteiger partial charge in [-0.3, -0.25) is 19.2 Å². The highest BCUT2D eigenvalue weighted by Crippen LogP contribution is 2.54. The molecule has 0 aromatic heterocycles. The highest BCUT2D eigenvalue weighted by Gasteiger charge is 2.72. The van der Waals surface area contributed by atoms with Crippen molar-refractivity contribution in [2.75, 3.05) is 0 Å². The third-order valence-corrected chi connectivity index (χ3v) is 3.04. The fourth-order valence-electron chi connectivity index (χ4n) is 2.39. The number of hydrogen-bond donors (Lipinski definition) is 0. The van der Waals surface area contributed by atoms with Crippen molar-refractivity contribution in [3.05, 3.63) is 0 Å². The van der Waals surface area contributed by atoms with Gasteiger partial charge in [-0.15, -0.1) is 0 Å². The highest BCUT2D eigenvalue weighted by molar-refractivity contribution is 6.10. The van der Waals surface area contributed by atoms with Gasteiger partial charge in [-0.1, -0.05) is 0 Å². The molecule has 4 bridgehead atoms. The lowest BCUT2D eigenvalue weighted by atomic mass is 9.53. The molecular formula is C8H4O6. The van der Waals surface area contributed by atoms with Crippen molar-refractivity contribution in [3.63, 3.8) is 0 Å². The topological polar surface area (TPSA) is 86.7 Å². The third-order valence-electron chi connectivity index (χ3n) is 3.04. The Bertz CT molecular complexity index is 315. The summed E-state index contributed by atoms with van der Waals surface area (Å²) in [6.45, 7) is 0. The van der Waals surface area contributed by atoms with Crippen LogP contribution in [-0.4, -0.2) is 23.9 Å². The Labute approximate surface area is 77.1 Å². The van der Waals surface area contributed by atoms with Crippen LogP contribution in [0.3, 0.4) is 0 Å². The molecule has 6 nitrogen and oxygen atoms in total. The Morgan fingerprint density at radius 2 is 0.786 bits per heavy atom. The fourth-order valence-corrected chi connectivity index (χ4v) is 2.39. The molecule has 0 radical (unpaired) electrons. The van der Waals surface area contributed by atoms with Crippen LogP contribution >= 0.6 is 0 Å². The maximum atomic E-state index is 11.1. The van der Waals surface area contributed by atoms with Crippen LogP contribution < -0.4 is 0 Å². The zero-order chi connectivity index (χ0) is 10.0. The summed E-state index contributed by atoms with van der Waals surface area (Å²) in [5.74, 6) is -6.26. The van der Waals surface area contributed by atoms with E-state index in [9.17, 15) is 19.2 Å². The first-order chi connectivity index (χ1) is 6.61. The molecule has 4 rings (SSSR count). The summed E-state index contributed by atoms with van der Waals surface area (Å²) in [6, 6.07) is 0. The van der Waals surface area contributed by atoms with Crippen molar-refractivity contribution in [1.82, 2.24) is 0 Å². The van der Waals surface area contributed by atoms with Crippen LogP contribution in [0.5, 0.6) is 0 Å². The SMILES string of the molecule is O=C1OC(=O)C2[C@H]3C(=O)OC(=O)[C@H]2C13. The molecule has 0 amide bonds. The van der Waals surface area contributed by atoms with Gasteiger partial charge in [0.1, 0.15) is 0 Å². The standard InChI is InChI=1S/C8H4O6/c9-5-1-2-4(8(12)13-5)3(1)7(11)14-6(2)10/h1-4H/t1-,2?,3?,4-. The first kappa shape index (κ1) is 7.66. The average molecular weight is 196 g/mol. The molecule has 1 saturated carbocycles. The maximum Gasteiger partial charge on any atom is 0.318 e. The summed E-state index contributed by atoms with van der Waals surface area (Å²) in [4.78, 5) is 44.6. The van der Waals surface area contributed by atoms with Crippen LogP contribution in [0.4, 0.5) is 0 Å². The highest BCUT2D eigenvalue weighted by atomic mass is 16.6. The maximum absolute atomic E-state index is 11.1. The van der Waals surface area contributed by atoms with E-state index in [-0.39, 0.29) is 0 Å². The lowest BCUT2D eigenvalue weighted by Crippen LogP contribution is -2.69. The zero-order valence-corrected chi connectivity index (χ0v) is 6.76. The lowest BCUT2D eigenvalue weighted by Gasteiger charge is -2.51. The molecule has 0 aromatic carbocycles. The van der Waals surface area contributed by atoms with Crippen LogP contribution in [0.2, 0.25) is 0 Å². The Balaban J connectivity index is 2.09. The van der Waals surface area contributed by atoms with Crippen molar-refractivity contribution in [2.24, 2.45) is 23.7 Å². The fraction of sp³-hybridized carbons (Fsp3) is 0.500. The second-order valence-corrected chi connectivity index (χ2v) is 3.58. The van der Waals surface area contributed by atoms with Gasteiger partial charge in [-0.25, -0.2) is 0 Å². The largest absolute Gasteiger partial charge is 0.393 e. The third kappa shape index (κ3) is 0.604. The van der Waals surface area contributed by atoms with Gasteiger partial charge in [0, 0.05) is 0 Å². The van der Waals surface area contributed by atoms with E-state index in [2.05, 4.69) is 9.47 Å². The summed E-state index contributed by atoms with van der Waals surface area (Å²) >= 11 is 0. The van der Waals surface area contributed by atoms with Gasteiger partial charge in [-0.2, -0.15) is 0 Å². The lowest BCUT2D eigenvalue weighted by molar-refractivity contribution is -0.227. The van der Waals surface area contributed by atoms with Crippen molar-refractivity contribution in [1.29, 1.82) is 0 Å². The van der Waals surface area contributed by atoms with E-state index in [1.165, 1.54) is 0 Å². The number of esters is 4. The molecule has 3 saturated heterocycles. The van der Waals surface area contributed by atoms with E-state index in [0.29, 0.717) is 0 Å². The van der Waals surface area contributed by atoms with Crippen molar-refractivity contribution in [3.8, 4) is 0 Å². The average Bonchev–Trinajstić information content (AvgIpc) is 1.98. The monoisotopic (exact) mass is 196 g/mol. The number of carbonyl (C=O) groups is 4. The Kier molecular flexibility index (Phi) is 1.11. The molecule has 3 heterocycles. The normalized spacial score (nSPS) is 44.0. The molecule has 0 atom stereocenters. The summed E-state index contributed by atoms with van der Waals surface area (Å²) in [7, 11) is 0. The first-order valence-corrected chi connectivity index (χ1v) is 4.12. The number of hydrogen-bond acceptors (Lipinski definition) is 6. The molecule has 4 fully saturated rings. The second kappa shape index (κ2) is 2.02. The van der Waals surface area contributed by atoms with E-state index < -0.39 is 47.5 Å². The van der Waals surface area contributed by atoms with Crippen molar-refractivity contribution < 1.29 is 28.7 Å². The zero-order valence-electron chi connectivity index (χ0n) is 6.76. The van der Waals surface area contributed by atoms with E-state index >= 15 is 0 Å². The molecule has 0 unspecified atom stereocenters. The minimum absolute atomic E-state index is 0.780.